The monoisotopic (exact) mass is 533 g/mol. The number of halogens is 3. The lowest BCUT2D eigenvalue weighted by molar-refractivity contribution is 0.134. The quantitative estimate of drug-likeness (QED) is 0.423. The molecule has 2 amide bonds. The summed E-state index contributed by atoms with van der Waals surface area (Å²) in [7, 11) is 0. The molecule has 2 aliphatic rings. The zero-order valence-corrected chi connectivity index (χ0v) is 21.7. The first-order valence-corrected chi connectivity index (χ1v) is 12.9. The Kier molecular flexibility index (Phi) is 8.78. The van der Waals surface area contributed by atoms with Gasteiger partial charge in [-0.25, -0.2) is 14.2 Å². The summed E-state index contributed by atoms with van der Waals surface area (Å²) in [5, 5.41) is 3.04. The van der Waals surface area contributed by atoms with Crippen LogP contribution in [0.15, 0.2) is 24.4 Å². The van der Waals surface area contributed by atoms with Gasteiger partial charge in [0.1, 0.15) is 11.9 Å². The second-order valence-electron chi connectivity index (χ2n) is 9.05. The van der Waals surface area contributed by atoms with Crippen LogP contribution in [0.25, 0.3) is 0 Å². The topological polar surface area (TPSA) is 83.7 Å². The van der Waals surface area contributed by atoms with Gasteiger partial charge in [0, 0.05) is 47.5 Å². The van der Waals surface area contributed by atoms with Crippen LogP contribution in [-0.4, -0.2) is 59.6 Å². The van der Waals surface area contributed by atoms with E-state index < -0.39 is 11.9 Å². The summed E-state index contributed by atoms with van der Waals surface area (Å²) < 4.78 is 19.8. The summed E-state index contributed by atoms with van der Waals surface area (Å²) in [6.45, 7) is 5.79. The Morgan fingerprint density at radius 2 is 2.00 bits per heavy atom. The fraction of sp³-hybridized carbons (Fsp3) is 0.462. The van der Waals surface area contributed by atoms with Crippen LogP contribution in [0.5, 0.6) is 5.75 Å². The summed E-state index contributed by atoms with van der Waals surface area (Å²) in [5.74, 6) is 5.74. The van der Waals surface area contributed by atoms with Crippen molar-refractivity contribution in [2.75, 3.05) is 38.5 Å². The Hall–Kier alpha value is -2.73. The second-order valence-corrected chi connectivity index (χ2v) is 9.83. The van der Waals surface area contributed by atoms with Crippen molar-refractivity contribution in [2.45, 2.75) is 44.8 Å². The number of carbonyl (C=O) groups is 1. The molecule has 0 radical (unpaired) electrons. The number of nitrogens with two attached hydrogens (primary N) is 1. The number of nitrogens with zero attached hydrogens (tertiary/aromatic N) is 3. The zero-order chi connectivity index (χ0) is 25.7. The molecule has 4 rings (SSSR count). The van der Waals surface area contributed by atoms with Crippen LogP contribution in [0.1, 0.15) is 49.8 Å². The van der Waals surface area contributed by atoms with Gasteiger partial charge in [-0.05, 0) is 57.8 Å². The lowest BCUT2D eigenvalue weighted by Gasteiger charge is -2.36. The number of ether oxygens (including phenoxy) is 1. The van der Waals surface area contributed by atoms with Crippen molar-refractivity contribution >= 4 is 35.1 Å². The molecule has 2 aliphatic heterocycles. The van der Waals surface area contributed by atoms with E-state index >= 15 is 0 Å². The summed E-state index contributed by atoms with van der Waals surface area (Å²) in [6, 6.07) is 4.76. The Bertz CT molecular complexity index is 1150. The van der Waals surface area contributed by atoms with E-state index in [4.69, 9.17) is 33.7 Å². The Morgan fingerprint density at radius 1 is 1.28 bits per heavy atom. The number of benzene rings is 1. The highest BCUT2D eigenvalue weighted by Gasteiger charge is 2.28. The van der Waals surface area contributed by atoms with E-state index in [0.717, 1.165) is 25.9 Å². The van der Waals surface area contributed by atoms with Gasteiger partial charge in [0.25, 0.3) is 0 Å². The number of nitrogens with one attached hydrogen (secondary N) is 1. The smallest absolute Gasteiger partial charge is 0.318 e. The van der Waals surface area contributed by atoms with E-state index in [9.17, 15) is 9.18 Å². The highest BCUT2D eigenvalue weighted by atomic mass is 35.5. The van der Waals surface area contributed by atoms with Gasteiger partial charge in [-0.15, -0.1) is 0 Å². The number of hydrogen-bond acceptors (Lipinski definition) is 5. The molecule has 1 aromatic heterocycles. The Balaban J connectivity index is 1.30. The minimum atomic E-state index is -0.679. The number of pyridine rings is 1. The van der Waals surface area contributed by atoms with Gasteiger partial charge in [-0.2, -0.15) is 0 Å². The average molecular weight is 534 g/mol. The normalized spacial score (nSPS) is 17.4. The van der Waals surface area contributed by atoms with Gasteiger partial charge in [0.2, 0.25) is 0 Å². The lowest BCUT2D eigenvalue weighted by Crippen LogP contribution is -2.49. The molecule has 1 unspecified atom stereocenters. The minimum Gasteiger partial charge on any atom is -0.482 e. The van der Waals surface area contributed by atoms with Gasteiger partial charge in [0.05, 0.1) is 11.6 Å². The first-order valence-electron chi connectivity index (χ1n) is 12.1. The maximum absolute atomic E-state index is 13.9. The molecule has 0 spiro atoms. The number of urea groups is 1. The number of carbonyl (C=O) groups excluding carboxylic acids is 1. The number of nitrogen functional groups attached to an aromatic ring is 1. The van der Waals surface area contributed by atoms with E-state index in [1.807, 2.05) is 4.90 Å². The number of piperidine rings is 1. The Labute approximate surface area is 221 Å². The van der Waals surface area contributed by atoms with Crippen molar-refractivity contribution in [3.63, 3.8) is 0 Å². The lowest BCUT2D eigenvalue weighted by atomic mass is 10.0. The number of anilines is 1. The molecule has 0 saturated carbocycles. The molecule has 0 aliphatic carbocycles. The maximum Gasteiger partial charge on any atom is 0.318 e. The van der Waals surface area contributed by atoms with Crippen molar-refractivity contribution < 1.29 is 13.9 Å². The number of hydrogen-bond donors (Lipinski definition) is 2. The molecule has 1 atom stereocenters. The van der Waals surface area contributed by atoms with E-state index in [2.05, 4.69) is 27.0 Å². The largest absolute Gasteiger partial charge is 0.482 e. The molecule has 2 fully saturated rings. The molecule has 2 aromatic rings. The van der Waals surface area contributed by atoms with E-state index in [1.165, 1.54) is 44.3 Å². The number of likely N-dealkylation sites (tertiary alicyclic amines) is 2. The third-order valence-electron chi connectivity index (χ3n) is 6.64. The Morgan fingerprint density at radius 3 is 2.72 bits per heavy atom. The molecule has 36 heavy (non-hydrogen) atoms. The van der Waals surface area contributed by atoms with Gasteiger partial charge in [-0.3, -0.25) is 0 Å². The first kappa shape index (κ1) is 26.3. The average Bonchev–Trinajstić information content (AvgIpc) is 3.41. The van der Waals surface area contributed by atoms with Crippen LogP contribution in [0.3, 0.4) is 0 Å². The number of amides is 2. The highest BCUT2D eigenvalue weighted by molar-refractivity contribution is 6.36. The molecular formula is C26H30Cl2FN5O2. The standard InChI is InChI=1S/C26H30Cl2FN5O2/c1-17(23-20(27)6-7-21(29)24(23)28)36-22-15-18(16-32-25(22)30)5-4-10-31-26(35)34-13-8-19(9-14-34)33-11-2-3-12-33/h6-7,15-17,19H,2-3,8-14H2,1H3,(H2,30,32)(H,31,35). The van der Waals surface area contributed by atoms with Crippen molar-refractivity contribution in [3.8, 4) is 17.6 Å². The van der Waals surface area contributed by atoms with Gasteiger partial charge >= 0.3 is 6.03 Å². The van der Waals surface area contributed by atoms with E-state index in [-0.39, 0.29) is 34.2 Å². The summed E-state index contributed by atoms with van der Waals surface area (Å²) in [4.78, 5) is 21.0. The highest BCUT2D eigenvalue weighted by Crippen LogP contribution is 2.36. The van der Waals surface area contributed by atoms with Crippen LogP contribution in [-0.2, 0) is 0 Å². The number of aromatic nitrogens is 1. The molecule has 192 valence electrons. The first-order chi connectivity index (χ1) is 17.3. The summed E-state index contributed by atoms with van der Waals surface area (Å²) in [6.07, 6.45) is 5.44. The molecule has 3 N–H and O–H groups in total. The third-order valence-corrected chi connectivity index (χ3v) is 7.35. The molecule has 1 aromatic carbocycles. The van der Waals surface area contributed by atoms with Crippen LogP contribution < -0.4 is 15.8 Å². The van der Waals surface area contributed by atoms with Crippen molar-refractivity contribution in [2.24, 2.45) is 0 Å². The van der Waals surface area contributed by atoms with E-state index in [0.29, 0.717) is 17.2 Å². The van der Waals surface area contributed by atoms with Gasteiger partial charge in [-0.1, -0.05) is 35.0 Å². The predicted octanol–water partition coefficient (Wildman–Crippen LogP) is 4.87. The van der Waals surface area contributed by atoms with Gasteiger partial charge < -0.3 is 25.6 Å². The molecule has 7 nitrogen and oxygen atoms in total. The maximum atomic E-state index is 13.9. The summed E-state index contributed by atoms with van der Waals surface area (Å²) in [5.41, 5.74) is 6.84. The van der Waals surface area contributed by atoms with Crippen molar-refractivity contribution in [1.29, 1.82) is 0 Å². The molecule has 10 heteroatoms. The molecule has 0 bridgehead atoms. The minimum absolute atomic E-state index is 0.0960. The SMILES string of the molecule is CC(Oc1cc(C#CCNC(=O)N2CCC(N3CCCC3)CC2)cnc1N)c1c(Cl)ccc(F)c1Cl. The fourth-order valence-electron chi connectivity index (χ4n) is 4.70. The third kappa shape index (κ3) is 6.33. The van der Waals surface area contributed by atoms with Crippen LogP contribution in [0, 0.1) is 17.7 Å². The van der Waals surface area contributed by atoms with Gasteiger partial charge in [0.15, 0.2) is 11.6 Å². The summed E-state index contributed by atoms with van der Waals surface area (Å²) >= 11 is 12.3. The molecule has 2 saturated heterocycles. The molecule has 3 heterocycles. The van der Waals surface area contributed by atoms with Crippen LogP contribution in [0.4, 0.5) is 15.0 Å². The van der Waals surface area contributed by atoms with Crippen LogP contribution in [0.2, 0.25) is 10.0 Å². The molecular weight excluding hydrogens is 504 g/mol. The van der Waals surface area contributed by atoms with E-state index in [1.54, 1.807) is 13.0 Å². The fourth-order valence-corrected chi connectivity index (χ4v) is 5.38. The zero-order valence-electron chi connectivity index (χ0n) is 20.2. The second kappa shape index (κ2) is 12.0. The predicted molar refractivity (Wildman–Crippen MR) is 140 cm³/mol. The number of rotatable bonds is 5. The van der Waals surface area contributed by atoms with Crippen molar-refractivity contribution in [3.05, 3.63) is 51.4 Å². The van der Waals surface area contributed by atoms with Crippen molar-refractivity contribution in [1.82, 2.24) is 20.1 Å². The van der Waals surface area contributed by atoms with Crippen LogP contribution >= 0.6 is 23.2 Å².